The lowest BCUT2D eigenvalue weighted by Gasteiger charge is -2.32. The Balaban J connectivity index is 2.26. The molecule has 0 saturated carbocycles. The maximum atomic E-state index is 3.60. The predicted octanol–water partition coefficient (Wildman–Crippen LogP) is 2.70. The van der Waals surface area contributed by atoms with E-state index in [1.807, 2.05) is 0 Å². The van der Waals surface area contributed by atoms with Gasteiger partial charge in [-0.2, -0.15) is 11.8 Å². The highest BCUT2D eigenvalue weighted by atomic mass is 32.2. The van der Waals surface area contributed by atoms with Crippen molar-refractivity contribution in [1.82, 2.24) is 10.2 Å². The average molecular weight is 258 g/mol. The molecule has 0 radical (unpaired) electrons. The second-order valence-corrected chi connectivity index (χ2v) is 7.66. The molecular formula is C14H30N2S. The van der Waals surface area contributed by atoms with Crippen molar-refractivity contribution in [1.29, 1.82) is 0 Å². The van der Waals surface area contributed by atoms with Crippen molar-refractivity contribution in [3.8, 4) is 0 Å². The number of hydrogen-bond donors (Lipinski definition) is 1. The van der Waals surface area contributed by atoms with E-state index in [0.717, 1.165) is 19.0 Å². The third-order valence-electron chi connectivity index (χ3n) is 3.12. The second-order valence-electron chi connectivity index (χ2n) is 6.43. The van der Waals surface area contributed by atoms with Crippen molar-refractivity contribution in [2.45, 2.75) is 34.1 Å². The minimum Gasteiger partial charge on any atom is -0.316 e. The molecule has 1 aliphatic rings. The SMILES string of the molecule is CC(C)CNCC(C)(C)CN1CCCSCC1. The third kappa shape index (κ3) is 7.32. The van der Waals surface area contributed by atoms with Crippen molar-refractivity contribution in [3.63, 3.8) is 0 Å². The van der Waals surface area contributed by atoms with Crippen LogP contribution in [-0.2, 0) is 0 Å². The fourth-order valence-corrected chi connectivity index (χ4v) is 3.24. The standard InChI is InChI=1S/C14H30N2S/c1-13(2)10-15-11-14(3,4)12-16-6-5-8-17-9-7-16/h13,15H,5-12H2,1-4H3. The van der Waals surface area contributed by atoms with E-state index in [1.165, 1.54) is 37.6 Å². The van der Waals surface area contributed by atoms with E-state index in [4.69, 9.17) is 0 Å². The highest BCUT2D eigenvalue weighted by molar-refractivity contribution is 7.99. The first-order chi connectivity index (χ1) is 7.99. The normalized spacial score (nSPS) is 19.6. The molecule has 1 fully saturated rings. The molecule has 0 aromatic heterocycles. The molecule has 102 valence electrons. The maximum absolute atomic E-state index is 3.60. The van der Waals surface area contributed by atoms with E-state index in [-0.39, 0.29) is 0 Å². The Bertz CT molecular complexity index is 196. The molecule has 2 nitrogen and oxygen atoms in total. The molecule has 0 atom stereocenters. The van der Waals surface area contributed by atoms with Gasteiger partial charge in [0.1, 0.15) is 0 Å². The summed E-state index contributed by atoms with van der Waals surface area (Å²) in [4.78, 5) is 2.65. The minimum absolute atomic E-state index is 0.393. The number of rotatable bonds is 6. The molecule has 0 unspecified atom stereocenters. The topological polar surface area (TPSA) is 15.3 Å². The van der Waals surface area contributed by atoms with Gasteiger partial charge in [0.25, 0.3) is 0 Å². The minimum atomic E-state index is 0.393. The van der Waals surface area contributed by atoms with Gasteiger partial charge in [0.2, 0.25) is 0 Å². The molecule has 0 aromatic carbocycles. The number of nitrogens with one attached hydrogen (secondary N) is 1. The molecule has 0 amide bonds. The van der Waals surface area contributed by atoms with Gasteiger partial charge in [-0.3, -0.25) is 0 Å². The molecule has 17 heavy (non-hydrogen) atoms. The summed E-state index contributed by atoms with van der Waals surface area (Å²) >= 11 is 2.11. The van der Waals surface area contributed by atoms with Crippen LogP contribution in [0.2, 0.25) is 0 Å². The van der Waals surface area contributed by atoms with Crippen LogP contribution in [0.1, 0.15) is 34.1 Å². The van der Waals surface area contributed by atoms with E-state index in [1.54, 1.807) is 0 Å². The Hall–Kier alpha value is 0.270. The zero-order valence-electron chi connectivity index (χ0n) is 12.1. The highest BCUT2D eigenvalue weighted by Gasteiger charge is 2.22. The summed E-state index contributed by atoms with van der Waals surface area (Å²) in [6, 6.07) is 0. The summed E-state index contributed by atoms with van der Waals surface area (Å²) in [6.45, 7) is 15.4. The summed E-state index contributed by atoms with van der Waals surface area (Å²) in [5.74, 6) is 3.42. The van der Waals surface area contributed by atoms with Crippen LogP contribution < -0.4 is 5.32 Å². The van der Waals surface area contributed by atoms with Gasteiger partial charge in [-0.1, -0.05) is 27.7 Å². The monoisotopic (exact) mass is 258 g/mol. The van der Waals surface area contributed by atoms with E-state index in [0.29, 0.717) is 5.41 Å². The van der Waals surface area contributed by atoms with Crippen LogP contribution in [0.15, 0.2) is 0 Å². The summed E-state index contributed by atoms with van der Waals surface area (Å²) in [5.41, 5.74) is 0.393. The lowest BCUT2D eigenvalue weighted by Crippen LogP contribution is -2.42. The Morgan fingerprint density at radius 2 is 2.00 bits per heavy atom. The van der Waals surface area contributed by atoms with E-state index in [9.17, 15) is 0 Å². The fraction of sp³-hybridized carbons (Fsp3) is 1.00. The zero-order valence-corrected chi connectivity index (χ0v) is 12.9. The molecular weight excluding hydrogens is 228 g/mol. The second kappa shape index (κ2) is 7.65. The molecule has 3 heteroatoms. The lowest BCUT2D eigenvalue weighted by molar-refractivity contribution is 0.183. The van der Waals surface area contributed by atoms with Gasteiger partial charge in [-0.05, 0) is 36.6 Å². The van der Waals surface area contributed by atoms with Crippen molar-refractivity contribution in [2.24, 2.45) is 11.3 Å². The van der Waals surface area contributed by atoms with Crippen LogP contribution in [-0.4, -0.2) is 49.1 Å². The Kier molecular flexibility index (Phi) is 6.90. The van der Waals surface area contributed by atoms with Gasteiger partial charge in [0.05, 0.1) is 0 Å². The molecule has 1 N–H and O–H groups in total. The number of hydrogen-bond acceptors (Lipinski definition) is 3. The van der Waals surface area contributed by atoms with Crippen LogP contribution >= 0.6 is 11.8 Å². The van der Waals surface area contributed by atoms with Crippen molar-refractivity contribution >= 4 is 11.8 Å². The van der Waals surface area contributed by atoms with Gasteiger partial charge in [0, 0.05) is 25.4 Å². The van der Waals surface area contributed by atoms with E-state index < -0.39 is 0 Å². The van der Waals surface area contributed by atoms with Crippen LogP contribution in [0.3, 0.4) is 0 Å². The molecule has 0 spiro atoms. The van der Waals surface area contributed by atoms with E-state index in [2.05, 4.69) is 49.7 Å². The summed E-state index contributed by atoms with van der Waals surface area (Å²) in [6.07, 6.45) is 1.36. The van der Waals surface area contributed by atoms with Crippen LogP contribution in [0, 0.1) is 11.3 Å². The predicted molar refractivity (Wildman–Crippen MR) is 79.9 cm³/mol. The number of thioether (sulfide) groups is 1. The van der Waals surface area contributed by atoms with Gasteiger partial charge in [0.15, 0.2) is 0 Å². The molecule has 1 heterocycles. The highest BCUT2D eigenvalue weighted by Crippen LogP contribution is 2.19. The summed E-state index contributed by atoms with van der Waals surface area (Å²) < 4.78 is 0. The van der Waals surface area contributed by atoms with Gasteiger partial charge in [-0.15, -0.1) is 0 Å². The third-order valence-corrected chi connectivity index (χ3v) is 4.17. The van der Waals surface area contributed by atoms with Crippen molar-refractivity contribution in [3.05, 3.63) is 0 Å². The molecule has 0 aliphatic carbocycles. The first-order valence-electron chi connectivity index (χ1n) is 7.00. The largest absolute Gasteiger partial charge is 0.316 e. The van der Waals surface area contributed by atoms with E-state index >= 15 is 0 Å². The molecule has 1 aliphatic heterocycles. The smallest absolute Gasteiger partial charge is 0.00726 e. The molecule has 1 rings (SSSR count). The summed E-state index contributed by atoms with van der Waals surface area (Å²) in [5, 5.41) is 3.60. The quantitative estimate of drug-likeness (QED) is 0.788. The van der Waals surface area contributed by atoms with Crippen molar-refractivity contribution in [2.75, 3.05) is 44.2 Å². The average Bonchev–Trinajstić information content (AvgIpc) is 2.44. The first kappa shape index (κ1) is 15.3. The summed E-state index contributed by atoms with van der Waals surface area (Å²) in [7, 11) is 0. The Morgan fingerprint density at radius 3 is 2.71 bits per heavy atom. The van der Waals surface area contributed by atoms with Gasteiger partial charge >= 0.3 is 0 Å². The maximum Gasteiger partial charge on any atom is 0.00726 e. The lowest BCUT2D eigenvalue weighted by atomic mass is 9.92. The van der Waals surface area contributed by atoms with Gasteiger partial charge in [-0.25, -0.2) is 0 Å². The van der Waals surface area contributed by atoms with Crippen LogP contribution in [0.4, 0.5) is 0 Å². The number of nitrogens with zero attached hydrogens (tertiary/aromatic N) is 1. The first-order valence-corrected chi connectivity index (χ1v) is 8.16. The molecule has 0 aromatic rings. The van der Waals surface area contributed by atoms with Crippen molar-refractivity contribution < 1.29 is 0 Å². The Labute approximate surface area is 112 Å². The van der Waals surface area contributed by atoms with Crippen LogP contribution in [0.5, 0.6) is 0 Å². The molecule has 1 saturated heterocycles. The Morgan fingerprint density at radius 1 is 1.24 bits per heavy atom. The zero-order chi connectivity index (χ0) is 12.7. The molecule has 0 bridgehead atoms. The van der Waals surface area contributed by atoms with Gasteiger partial charge < -0.3 is 10.2 Å². The fourth-order valence-electron chi connectivity index (χ4n) is 2.32. The van der Waals surface area contributed by atoms with Crippen LogP contribution in [0.25, 0.3) is 0 Å².